The zero-order valence-corrected chi connectivity index (χ0v) is 11.4. The van der Waals surface area contributed by atoms with E-state index in [4.69, 9.17) is 0 Å². The Bertz CT molecular complexity index is 403. The number of hydrogen-bond donors (Lipinski definition) is 1. The first-order valence-electron chi connectivity index (χ1n) is 5.52. The van der Waals surface area contributed by atoms with Gasteiger partial charge in [0.1, 0.15) is 6.04 Å². The Kier molecular flexibility index (Phi) is 5.34. The molecule has 2 aliphatic rings. The summed E-state index contributed by atoms with van der Waals surface area (Å²) in [6.45, 7) is 3.35. The third-order valence-corrected chi connectivity index (χ3v) is 3.19. The predicted molar refractivity (Wildman–Crippen MR) is 74.4 cm³/mol. The van der Waals surface area contributed by atoms with Crippen molar-refractivity contribution in [1.29, 1.82) is 0 Å². The average molecular weight is 291 g/mol. The normalized spacial score (nSPS) is 23.0. The number of carbonyl (C=O) groups excluding carboxylic acids is 1. The van der Waals surface area contributed by atoms with Crippen LogP contribution in [-0.2, 0) is 4.79 Å². The van der Waals surface area contributed by atoms with Gasteiger partial charge < -0.3 is 5.32 Å². The van der Waals surface area contributed by atoms with E-state index in [0.717, 1.165) is 25.3 Å². The van der Waals surface area contributed by atoms with Crippen LogP contribution >= 0.6 is 24.8 Å². The minimum Gasteiger partial charge on any atom is -0.313 e. The highest BCUT2D eigenvalue weighted by atomic mass is 35.5. The van der Waals surface area contributed by atoms with Gasteiger partial charge in [-0.15, -0.1) is 24.8 Å². The number of nitrogens with one attached hydrogen (secondary N) is 1. The van der Waals surface area contributed by atoms with Crippen molar-refractivity contribution in [2.75, 3.05) is 31.2 Å². The number of halogens is 2. The summed E-state index contributed by atoms with van der Waals surface area (Å²) in [5, 5.41) is 3.25. The van der Waals surface area contributed by atoms with Crippen molar-refractivity contribution in [3.05, 3.63) is 24.5 Å². The second kappa shape index (κ2) is 6.33. The molecule has 0 bridgehead atoms. The van der Waals surface area contributed by atoms with Crippen LogP contribution in [0.15, 0.2) is 24.5 Å². The summed E-state index contributed by atoms with van der Waals surface area (Å²) in [6.07, 6.45) is 3.46. The number of rotatable bonds is 1. The van der Waals surface area contributed by atoms with Gasteiger partial charge in [-0.1, -0.05) is 0 Å². The van der Waals surface area contributed by atoms with E-state index in [-0.39, 0.29) is 36.8 Å². The minimum absolute atomic E-state index is 0. The van der Waals surface area contributed by atoms with Gasteiger partial charge in [-0.3, -0.25) is 19.6 Å². The quantitative estimate of drug-likeness (QED) is 0.819. The van der Waals surface area contributed by atoms with Gasteiger partial charge in [0.05, 0.1) is 18.6 Å². The fourth-order valence-corrected chi connectivity index (χ4v) is 2.31. The summed E-state index contributed by atoms with van der Waals surface area (Å²) < 4.78 is 0. The van der Waals surface area contributed by atoms with Crippen molar-refractivity contribution >= 4 is 36.4 Å². The van der Waals surface area contributed by atoms with E-state index in [1.165, 1.54) is 0 Å². The van der Waals surface area contributed by atoms with Crippen LogP contribution in [0.5, 0.6) is 0 Å². The molecular weight excluding hydrogens is 275 g/mol. The van der Waals surface area contributed by atoms with Gasteiger partial charge in [0.2, 0.25) is 5.91 Å². The molecule has 2 saturated heterocycles. The zero-order chi connectivity index (χ0) is 11.0. The van der Waals surface area contributed by atoms with Crippen LogP contribution in [0.2, 0.25) is 0 Å². The number of piperazine rings is 1. The number of carbonyl (C=O) groups is 1. The molecule has 2 aliphatic heterocycles. The molecule has 1 aromatic rings. The average Bonchev–Trinajstić information content (AvgIpc) is 2.69. The van der Waals surface area contributed by atoms with E-state index in [1.54, 1.807) is 12.4 Å². The smallest absolute Gasteiger partial charge is 0.246 e. The van der Waals surface area contributed by atoms with E-state index in [0.29, 0.717) is 6.67 Å². The first-order valence-corrected chi connectivity index (χ1v) is 5.52. The fourth-order valence-electron chi connectivity index (χ4n) is 2.31. The number of pyridine rings is 1. The molecule has 1 unspecified atom stereocenters. The van der Waals surface area contributed by atoms with Gasteiger partial charge in [0, 0.05) is 25.8 Å². The summed E-state index contributed by atoms with van der Waals surface area (Å²) in [7, 11) is 0. The van der Waals surface area contributed by atoms with E-state index in [9.17, 15) is 4.79 Å². The van der Waals surface area contributed by atoms with Crippen LogP contribution in [0.1, 0.15) is 0 Å². The molecule has 0 aromatic carbocycles. The maximum Gasteiger partial charge on any atom is 0.246 e. The van der Waals surface area contributed by atoms with E-state index in [2.05, 4.69) is 15.2 Å². The lowest BCUT2D eigenvalue weighted by Gasteiger charge is -2.26. The van der Waals surface area contributed by atoms with Crippen molar-refractivity contribution in [2.45, 2.75) is 6.04 Å². The summed E-state index contributed by atoms with van der Waals surface area (Å²) in [5.41, 5.74) is 0.891. The fraction of sp³-hybridized carbons (Fsp3) is 0.455. The lowest BCUT2D eigenvalue weighted by atomic mass is 10.2. The Morgan fingerprint density at radius 3 is 2.89 bits per heavy atom. The highest BCUT2D eigenvalue weighted by Gasteiger charge is 2.40. The van der Waals surface area contributed by atoms with E-state index < -0.39 is 0 Å². The van der Waals surface area contributed by atoms with Crippen molar-refractivity contribution in [3.8, 4) is 0 Å². The van der Waals surface area contributed by atoms with Crippen LogP contribution in [0.3, 0.4) is 0 Å². The van der Waals surface area contributed by atoms with Crippen LogP contribution < -0.4 is 10.2 Å². The maximum absolute atomic E-state index is 12.2. The third kappa shape index (κ3) is 2.59. The van der Waals surface area contributed by atoms with Crippen LogP contribution in [0.25, 0.3) is 0 Å². The third-order valence-electron chi connectivity index (χ3n) is 3.19. The van der Waals surface area contributed by atoms with Gasteiger partial charge >= 0.3 is 0 Å². The van der Waals surface area contributed by atoms with Crippen molar-refractivity contribution in [1.82, 2.24) is 15.2 Å². The number of anilines is 1. The lowest BCUT2D eigenvalue weighted by Crippen LogP contribution is -2.50. The number of nitrogens with zero attached hydrogens (tertiary/aromatic N) is 3. The number of hydrogen-bond acceptors (Lipinski definition) is 4. The SMILES string of the molecule is Cl.Cl.O=C1C2CNCCN2CN1c1cccnc1. The second-order valence-corrected chi connectivity index (χ2v) is 4.15. The molecule has 0 aliphatic carbocycles. The van der Waals surface area contributed by atoms with Gasteiger partial charge in [0.25, 0.3) is 0 Å². The molecule has 1 amide bonds. The molecule has 5 nitrogen and oxygen atoms in total. The molecule has 0 spiro atoms. The molecule has 7 heteroatoms. The molecule has 1 aromatic heterocycles. The summed E-state index contributed by atoms with van der Waals surface area (Å²) >= 11 is 0. The number of fused-ring (bicyclic) bond motifs is 1. The van der Waals surface area contributed by atoms with Gasteiger partial charge in [-0.2, -0.15) is 0 Å². The highest BCUT2D eigenvalue weighted by molar-refractivity contribution is 5.99. The van der Waals surface area contributed by atoms with Gasteiger partial charge in [0.15, 0.2) is 0 Å². The Morgan fingerprint density at radius 1 is 1.39 bits per heavy atom. The Balaban J connectivity index is 0.000000810. The van der Waals surface area contributed by atoms with Crippen LogP contribution in [-0.4, -0.2) is 48.1 Å². The minimum atomic E-state index is 0. The van der Waals surface area contributed by atoms with Crippen molar-refractivity contribution in [2.24, 2.45) is 0 Å². The van der Waals surface area contributed by atoms with Crippen molar-refractivity contribution < 1.29 is 4.79 Å². The molecule has 2 fully saturated rings. The molecule has 3 heterocycles. The van der Waals surface area contributed by atoms with Crippen molar-refractivity contribution in [3.63, 3.8) is 0 Å². The van der Waals surface area contributed by atoms with E-state index in [1.807, 2.05) is 17.0 Å². The molecular formula is C11H16Cl2N4O. The zero-order valence-electron chi connectivity index (χ0n) is 9.78. The van der Waals surface area contributed by atoms with Gasteiger partial charge in [-0.05, 0) is 12.1 Å². The molecule has 0 radical (unpaired) electrons. The highest BCUT2D eigenvalue weighted by Crippen LogP contribution is 2.22. The largest absolute Gasteiger partial charge is 0.313 e. The lowest BCUT2D eigenvalue weighted by molar-refractivity contribution is -0.120. The molecule has 3 rings (SSSR count). The molecule has 1 N–H and O–H groups in total. The molecule has 1 atom stereocenters. The Hall–Kier alpha value is -0.880. The topological polar surface area (TPSA) is 48.5 Å². The summed E-state index contributed by atoms with van der Waals surface area (Å²) in [5.74, 6) is 0.181. The number of aromatic nitrogens is 1. The molecule has 0 saturated carbocycles. The first kappa shape index (κ1) is 15.2. The Labute approximate surface area is 118 Å². The Morgan fingerprint density at radius 2 is 2.22 bits per heavy atom. The maximum atomic E-state index is 12.2. The first-order chi connectivity index (χ1) is 7.86. The van der Waals surface area contributed by atoms with Crippen LogP contribution in [0, 0.1) is 0 Å². The molecule has 100 valence electrons. The summed E-state index contributed by atoms with van der Waals surface area (Å²) in [6, 6.07) is 3.79. The standard InChI is InChI=1S/C11H14N4O.2ClH/c16-11-10-7-13-4-5-14(10)8-15(11)9-2-1-3-12-6-9;;/h1-3,6,10,13H,4-5,7-8H2;2*1H. The number of amides is 1. The second-order valence-electron chi connectivity index (χ2n) is 4.15. The summed E-state index contributed by atoms with van der Waals surface area (Å²) in [4.78, 5) is 20.2. The molecule has 18 heavy (non-hydrogen) atoms. The predicted octanol–water partition coefficient (Wildman–Crippen LogP) is 0.503. The van der Waals surface area contributed by atoms with Crippen LogP contribution in [0.4, 0.5) is 5.69 Å². The van der Waals surface area contributed by atoms with Gasteiger partial charge in [-0.25, -0.2) is 0 Å². The monoisotopic (exact) mass is 290 g/mol. The van der Waals surface area contributed by atoms with E-state index >= 15 is 0 Å².